The van der Waals surface area contributed by atoms with E-state index in [1.54, 1.807) is 4.90 Å². The van der Waals surface area contributed by atoms with Crippen LogP contribution in [0, 0.1) is 5.92 Å². The minimum absolute atomic E-state index is 0. The first-order valence-electron chi connectivity index (χ1n) is 11.7. The van der Waals surface area contributed by atoms with Crippen LogP contribution in [0.1, 0.15) is 90.8 Å². The number of halogens is 1. The van der Waals surface area contributed by atoms with Gasteiger partial charge < -0.3 is 9.32 Å². The lowest BCUT2D eigenvalue weighted by Crippen LogP contribution is -2.48. The number of ketones is 1. The fraction of sp³-hybridized carbons (Fsp3) is 0.826. The van der Waals surface area contributed by atoms with Gasteiger partial charge in [-0.15, -0.1) is 22.6 Å². The predicted molar refractivity (Wildman–Crippen MR) is 132 cm³/mol. The number of amides is 1. The van der Waals surface area contributed by atoms with Gasteiger partial charge in [0.1, 0.15) is 6.04 Å². The summed E-state index contributed by atoms with van der Waals surface area (Å²) in [5.41, 5.74) is 0. The molecule has 7 nitrogen and oxygen atoms in total. The predicted octanol–water partition coefficient (Wildman–Crippen LogP) is 5.09. The van der Waals surface area contributed by atoms with E-state index in [1.807, 2.05) is 0 Å². The van der Waals surface area contributed by atoms with Crippen LogP contribution in [-0.4, -0.2) is 68.7 Å². The molecule has 1 unspecified atom stereocenters. The molecular weight excluding hydrogens is 448 g/mol. The third kappa shape index (κ3) is 8.34. The third-order valence-corrected chi connectivity index (χ3v) is 6.79. The highest BCUT2D eigenvalue weighted by Crippen LogP contribution is 2.27. The number of thioether (sulfide) groups is 1. The summed E-state index contributed by atoms with van der Waals surface area (Å²) in [6.07, 6.45) is 6.74. The number of Topliss-reactive ketones (excluding diaryl/α,β-unsaturated/α-hetero) is 1. The maximum absolute atomic E-state index is 13.3. The third-order valence-electron chi connectivity index (χ3n) is 5.99. The van der Waals surface area contributed by atoms with Crippen molar-refractivity contribution in [2.24, 2.45) is 5.92 Å². The quantitative estimate of drug-likeness (QED) is 0.217. The Bertz CT molecular complexity index is 685. The van der Waals surface area contributed by atoms with E-state index in [0.29, 0.717) is 23.7 Å². The molecule has 0 saturated heterocycles. The minimum Gasteiger partial charge on any atom is -0.408 e. The van der Waals surface area contributed by atoms with Crippen molar-refractivity contribution >= 4 is 36.4 Å². The van der Waals surface area contributed by atoms with Crippen LogP contribution >= 0.6 is 24.2 Å². The molecule has 184 valence electrons. The summed E-state index contributed by atoms with van der Waals surface area (Å²) in [5, 5.41) is 8.53. The van der Waals surface area contributed by atoms with Crippen molar-refractivity contribution in [3.63, 3.8) is 0 Å². The monoisotopic (exact) mass is 488 g/mol. The summed E-state index contributed by atoms with van der Waals surface area (Å²) in [4.78, 5) is 29.4. The maximum atomic E-state index is 13.3. The Morgan fingerprint density at radius 1 is 1.09 bits per heavy atom. The van der Waals surface area contributed by atoms with Gasteiger partial charge in [-0.3, -0.25) is 14.5 Å². The second kappa shape index (κ2) is 14.2. The van der Waals surface area contributed by atoms with E-state index in [9.17, 15) is 9.59 Å². The molecule has 32 heavy (non-hydrogen) atoms. The lowest BCUT2D eigenvalue weighted by molar-refractivity contribution is -0.122. The molecule has 0 aliphatic heterocycles. The molecule has 1 aromatic heterocycles. The first kappa shape index (κ1) is 28.9. The van der Waals surface area contributed by atoms with E-state index in [-0.39, 0.29) is 36.0 Å². The Hall–Kier alpha value is -1.12. The highest BCUT2D eigenvalue weighted by atomic mass is 35.5. The first-order chi connectivity index (χ1) is 14.7. The van der Waals surface area contributed by atoms with Crippen LogP contribution in [0.4, 0.5) is 0 Å². The number of carbonyl (C=O) groups excluding carboxylic acids is 2. The van der Waals surface area contributed by atoms with Crippen molar-refractivity contribution < 1.29 is 14.0 Å². The Morgan fingerprint density at radius 3 is 2.25 bits per heavy atom. The van der Waals surface area contributed by atoms with Crippen molar-refractivity contribution in [1.29, 1.82) is 0 Å². The molecule has 0 aromatic carbocycles. The smallest absolute Gasteiger partial charge is 0.286 e. The fourth-order valence-corrected chi connectivity index (χ4v) is 5.18. The van der Waals surface area contributed by atoms with E-state index >= 15 is 0 Å². The van der Waals surface area contributed by atoms with E-state index < -0.39 is 6.04 Å². The molecule has 1 aliphatic rings. The maximum Gasteiger partial charge on any atom is 0.286 e. The van der Waals surface area contributed by atoms with Crippen LogP contribution in [0.15, 0.2) is 9.64 Å². The van der Waals surface area contributed by atoms with E-state index in [0.717, 1.165) is 44.4 Å². The molecule has 1 fully saturated rings. The van der Waals surface area contributed by atoms with Crippen LogP contribution in [0.3, 0.4) is 0 Å². The van der Waals surface area contributed by atoms with E-state index in [4.69, 9.17) is 4.42 Å². The summed E-state index contributed by atoms with van der Waals surface area (Å²) in [5.74, 6) is 0.858. The van der Waals surface area contributed by atoms with Crippen LogP contribution < -0.4 is 0 Å². The van der Waals surface area contributed by atoms with Gasteiger partial charge in [-0.05, 0) is 52.9 Å². The normalized spacial score (nSPS) is 15.9. The zero-order valence-corrected chi connectivity index (χ0v) is 22.1. The summed E-state index contributed by atoms with van der Waals surface area (Å²) in [7, 11) is 0. The number of carbonyl (C=O) groups is 2. The minimum atomic E-state index is -0.545. The van der Waals surface area contributed by atoms with E-state index in [1.165, 1.54) is 18.2 Å². The van der Waals surface area contributed by atoms with Gasteiger partial charge in [0, 0.05) is 30.4 Å². The standard InChI is InChI=1S/C23H40N4O3S.ClH/c1-16(2)14-20(27(15-28)19-10-8-7-9-11-19)21(29)22-24-25-23(30-22)31-13-12-26(17(3)4)18(5)6;/h15-20H,7-14H2,1-6H3;1H. The SMILES string of the molecule is CC(C)CC(C(=O)c1nnc(SCCN(C(C)C)C(C)C)o1)N(C=O)C1CCCCC1.Cl. The van der Waals surface area contributed by atoms with Gasteiger partial charge in [-0.25, -0.2) is 0 Å². The molecule has 2 rings (SSSR count). The second-order valence-electron chi connectivity index (χ2n) is 9.50. The number of aromatic nitrogens is 2. The lowest BCUT2D eigenvalue weighted by atomic mass is 9.91. The van der Waals surface area contributed by atoms with Crippen molar-refractivity contribution in [1.82, 2.24) is 20.0 Å². The van der Waals surface area contributed by atoms with Crippen molar-refractivity contribution in [2.75, 3.05) is 12.3 Å². The molecule has 1 aliphatic carbocycles. The number of hydrogen-bond acceptors (Lipinski definition) is 7. The highest BCUT2D eigenvalue weighted by Gasteiger charge is 2.35. The average Bonchev–Trinajstić information content (AvgIpc) is 3.19. The van der Waals surface area contributed by atoms with Gasteiger partial charge in [-0.1, -0.05) is 44.9 Å². The summed E-state index contributed by atoms with van der Waals surface area (Å²) in [6.45, 7) is 13.8. The first-order valence-corrected chi connectivity index (χ1v) is 12.7. The summed E-state index contributed by atoms with van der Waals surface area (Å²) in [6, 6.07) is 0.502. The largest absolute Gasteiger partial charge is 0.408 e. The van der Waals surface area contributed by atoms with Crippen LogP contribution in [0.5, 0.6) is 0 Å². The van der Waals surface area contributed by atoms with Crippen LogP contribution in [0.2, 0.25) is 0 Å². The number of rotatable bonds is 13. The second-order valence-corrected chi connectivity index (χ2v) is 10.5. The summed E-state index contributed by atoms with van der Waals surface area (Å²) < 4.78 is 5.72. The van der Waals surface area contributed by atoms with Gasteiger partial charge in [0.05, 0.1) is 0 Å². The fourth-order valence-electron chi connectivity index (χ4n) is 4.47. The average molecular weight is 489 g/mol. The molecule has 9 heteroatoms. The molecule has 1 saturated carbocycles. The Morgan fingerprint density at radius 2 is 1.72 bits per heavy atom. The molecule has 0 N–H and O–H groups in total. The molecule has 0 radical (unpaired) electrons. The molecular formula is C23H41ClN4O3S. The zero-order chi connectivity index (χ0) is 23.0. The number of hydrogen-bond donors (Lipinski definition) is 0. The molecule has 1 heterocycles. The number of nitrogens with zero attached hydrogens (tertiary/aromatic N) is 4. The highest BCUT2D eigenvalue weighted by molar-refractivity contribution is 7.99. The molecule has 0 spiro atoms. The Kier molecular flexibility index (Phi) is 12.8. The zero-order valence-electron chi connectivity index (χ0n) is 20.5. The van der Waals surface area contributed by atoms with Gasteiger partial charge in [0.2, 0.25) is 12.2 Å². The lowest BCUT2D eigenvalue weighted by Gasteiger charge is -2.36. The van der Waals surface area contributed by atoms with Gasteiger partial charge in [0.25, 0.3) is 11.1 Å². The van der Waals surface area contributed by atoms with Gasteiger partial charge in [0.15, 0.2) is 0 Å². The molecule has 0 bridgehead atoms. The van der Waals surface area contributed by atoms with Crippen LogP contribution in [0.25, 0.3) is 0 Å². The Labute approximate surface area is 203 Å². The van der Waals surface area contributed by atoms with Crippen LogP contribution in [-0.2, 0) is 4.79 Å². The molecule has 1 atom stereocenters. The molecule has 1 amide bonds. The van der Waals surface area contributed by atoms with Crippen molar-refractivity contribution in [2.45, 2.75) is 109 Å². The van der Waals surface area contributed by atoms with Gasteiger partial charge in [-0.2, -0.15) is 0 Å². The van der Waals surface area contributed by atoms with Crippen molar-refractivity contribution in [3.05, 3.63) is 5.89 Å². The topological polar surface area (TPSA) is 79.5 Å². The van der Waals surface area contributed by atoms with E-state index in [2.05, 4.69) is 56.6 Å². The summed E-state index contributed by atoms with van der Waals surface area (Å²) >= 11 is 1.47. The Balaban J connectivity index is 0.00000512. The van der Waals surface area contributed by atoms with Crippen molar-refractivity contribution in [3.8, 4) is 0 Å². The molecule has 1 aromatic rings. The van der Waals surface area contributed by atoms with Gasteiger partial charge >= 0.3 is 0 Å².